The van der Waals surface area contributed by atoms with Gasteiger partial charge in [0.15, 0.2) is 22.7 Å². The zero-order valence-corrected chi connectivity index (χ0v) is 24.1. The van der Waals surface area contributed by atoms with Crippen molar-refractivity contribution in [1.29, 1.82) is 0 Å². The maximum absolute atomic E-state index is 12.9. The molecule has 1 rings (SSSR count). The third-order valence-corrected chi connectivity index (χ3v) is 16.7. The molecule has 1 saturated heterocycles. The van der Waals surface area contributed by atoms with Gasteiger partial charge in [-0.1, -0.05) is 41.5 Å². The molecule has 0 bridgehead atoms. The molecule has 0 aromatic carbocycles. The van der Waals surface area contributed by atoms with Crippen molar-refractivity contribution < 1.29 is 27.9 Å². The predicted octanol–water partition coefficient (Wildman–Crippen LogP) is 3.56. The fraction of sp³-hybridized carbons (Fsp3) is 0.913. The molecule has 0 aromatic heterocycles. The summed E-state index contributed by atoms with van der Waals surface area (Å²) in [6, 6.07) is 4.99. The fourth-order valence-electron chi connectivity index (χ4n) is 4.81. The molecule has 194 valence electrons. The van der Waals surface area contributed by atoms with Gasteiger partial charge >= 0.3 is 5.97 Å². The van der Waals surface area contributed by atoms with Crippen LogP contribution in [0.2, 0.25) is 36.3 Å². The van der Waals surface area contributed by atoms with Gasteiger partial charge < -0.3 is 29.4 Å². The van der Waals surface area contributed by atoms with Crippen molar-refractivity contribution in [2.24, 2.45) is 5.73 Å². The van der Waals surface area contributed by atoms with Gasteiger partial charge in [0.1, 0.15) is 0 Å². The second kappa shape index (κ2) is 13.9. The zero-order chi connectivity index (χ0) is 25.2. The molecule has 0 radical (unpaired) electrons. The Kier molecular flexibility index (Phi) is 12.8. The highest BCUT2D eigenvalue weighted by Crippen LogP contribution is 2.36. The summed E-state index contributed by atoms with van der Waals surface area (Å²) in [6.45, 7) is 16.6. The smallest absolute Gasteiger partial charge is 0.337 e. The van der Waals surface area contributed by atoms with Crippen LogP contribution in [-0.4, -0.2) is 72.1 Å². The molecular weight excluding hydrogens is 456 g/mol. The molecule has 0 aromatic rings. The van der Waals surface area contributed by atoms with Gasteiger partial charge in [0, 0.05) is 13.5 Å². The summed E-state index contributed by atoms with van der Waals surface area (Å²) in [5.74, 6) is -0.762. The maximum atomic E-state index is 12.9. The molecule has 5 atom stereocenters. The third-order valence-electron chi connectivity index (χ3n) is 7.45. The number of esters is 1. The van der Waals surface area contributed by atoms with Crippen molar-refractivity contribution in [3.63, 3.8) is 0 Å². The number of rotatable bonds is 14. The van der Waals surface area contributed by atoms with Crippen molar-refractivity contribution >= 4 is 28.5 Å². The first kappa shape index (κ1) is 30.2. The highest BCUT2D eigenvalue weighted by atomic mass is 28.4. The lowest BCUT2D eigenvalue weighted by atomic mass is 9.92. The third kappa shape index (κ3) is 7.35. The first-order chi connectivity index (χ1) is 15.6. The highest BCUT2D eigenvalue weighted by molar-refractivity contribution is 6.74. The topological polar surface area (TPSA) is 109 Å². The number of carbonyl (C=O) groups is 2. The van der Waals surface area contributed by atoms with Crippen molar-refractivity contribution in [2.75, 3.05) is 13.2 Å². The highest BCUT2D eigenvalue weighted by Gasteiger charge is 2.54. The molecule has 3 unspecified atom stereocenters. The van der Waals surface area contributed by atoms with Crippen LogP contribution in [-0.2, 0) is 27.9 Å². The van der Waals surface area contributed by atoms with E-state index in [1.165, 1.54) is 6.92 Å². The van der Waals surface area contributed by atoms with Crippen LogP contribution in [0.3, 0.4) is 0 Å². The number of amides is 1. The molecule has 1 heterocycles. The van der Waals surface area contributed by atoms with Crippen molar-refractivity contribution in [3.8, 4) is 0 Å². The van der Waals surface area contributed by atoms with Crippen molar-refractivity contribution in [3.05, 3.63) is 0 Å². The van der Waals surface area contributed by atoms with E-state index >= 15 is 0 Å². The van der Waals surface area contributed by atoms with Gasteiger partial charge in [0.2, 0.25) is 5.91 Å². The van der Waals surface area contributed by atoms with E-state index in [2.05, 4.69) is 46.9 Å². The number of hydrogen-bond donors (Lipinski definition) is 2. The van der Waals surface area contributed by atoms with Crippen LogP contribution in [0.1, 0.15) is 55.4 Å². The largest absolute Gasteiger partial charge is 0.464 e. The number of nitrogens with one attached hydrogen (secondary N) is 1. The molecule has 0 aliphatic carbocycles. The SMILES string of the molecule is CCOC(=O)C1OC(CN)[C@@H](O[Si](CC)(CC)CC)[C@H](O[Si](CC)(CC)CC)C1NC(C)=O. The summed E-state index contributed by atoms with van der Waals surface area (Å²) < 4.78 is 25.5. The van der Waals surface area contributed by atoms with Crippen molar-refractivity contribution in [1.82, 2.24) is 5.32 Å². The summed E-state index contributed by atoms with van der Waals surface area (Å²) in [4.78, 5) is 25.2. The van der Waals surface area contributed by atoms with Gasteiger partial charge in [-0.25, -0.2) is 4.79 Å². The second-order valence-corrected chi connectivity index (χ2v) is 18.4. The quantitative estimate of drug-likeness (QED) is 0.275. The Bertz CT molecular complexity index is 599. The molecule has 1 amide bonds. The van der Waals surface area contributed by atoms with Gasteiger partial charge in [-0.15, -0.1) is 0 Å². The average molecular weight is 505 g/mol. The molecule has 1 fully saturated rings. The minimum Gasteiger partial charge on any atom is -0.464 e. The average Bonchev–Trinajstić information content (AvgIpc) is 2.82. The molecular formula is C23H48N2O6Si2. The Balaban J connectivity index is 3.62. The Morgan fingerprint density at radius 2 is 1.30 bits per heavy atom. The summed E-state index contributed by atoms with van der Waals surface area (Å²) in [5, 5.41) is 2.96. The van der Waals surface area contributed by atoms with Crippen LogP contribution in [0.4, 0.5) is 0 Å². The van der Waals surface area contributed by atoms with Gasteiger partial charge in [0.25, 0.3) is 0 Å². The Hall–Kier alpha value is -0.786. The molecule has 1 aliphatic rings. The fourth-order valence-corrected chi connectivity index (χ4v) is 10.5. The van der Waals surface area contributed by atoms with Crippen LogP contribution >= 0.6 is 0 Å². The first-order valence-electron chi connectivity index (χ1n) is 12.8. The van der Waals surface area contributed by atoms with Gasteiger partial charge in [0.05, 0.1) is 31.0 Å². The van der Waals surface area contributed by atoms with Crippen LogP contribution in [0.15, 0.2) is 0 Å². The maximum Gasteiger partial charge on any atom is 0.337 e. The minimum absolute atomic E-state index is 0.188. The first-order valence-corrected chi connectivity index (χ1v) is 17.9. The van der Waals surface area contributed by atoms with E-state index in [0.29, 0.717) is 0 Å². The summed E-state index contributed by atoms with van der Waals surface area (Å²) >= 11 is 0. The second-order valence-electron chi connectivity index (χ2n) is 8.96. The van der Waals surface area contributed by atoms with Crippen LogP contribution in [0, 0.1) is 0 Å². The van der Waals surface area contributed by atoms with Gasteiger partial charge in [-0.3, -0.25) is 4.79 Å². The molecule has 0 saturated carbocycles. The minimum atomic E-state index is -2.13. The lowest BCUT2D eigenvalue weighted by Gasteiger charge is -2.51. The number of ether oxygens (including phenoxy) is 2. The van der Waals surface area contributed by atoms with Crippen LogP contribution in [0.25, 0.3) is 0 Å². The Morgan fingerprint density at radius 3 is 1.67 bits per heavy atom. The lowest BCUT2D eigenvalue weighted by molar-refractivity contribution is -0.196. The summed E-state index contributed by atoms with van der Waals surface area (Å²) in [6.07, 6.45) is -2.51. The van der Waals surface area contributed by atoms with Gasteiger partial charge in [-0.05, 0) is 43.2 Å². The lowest BCUT2D eigenvalue weighted by Crippen LogP contribution is -2.70. The van der Waals surface area contributed by atoms with E-state index in [9.17, 15) is 9.59 Å². The normalized spacial score (nSPS) is 26.2. The van der Waals surface area contributed by atoms with Crippen LogP contribution < -0.4 is 11.1 Å². The summed E-state index contributed by atoms with van der Waals surface area (Å²) in [5.41, 5.74) is 6.17. The molecule has 3 N–H and O–H groups in total. The van der Waals surface area contributed by atoms with Gasteiger partial charge in [-0.2, -0.15) is 0 Å². The number of hydrogen-bond acceptors (Lipinski definition) is 7. The molecule has 1 aliphatic heterocycles. The van der Waals surface area contributed by atoms with E-state index in [1.807, 2.05) is 0 Å². The monoisotopic (exact) mass is 504 g/mol. The molecule has 10 heteroatoms. The van der Waals surface area contributed by atoms with E-state index in [0.717, 1.165) is 36.3 Å². The molecule has 0 spiro atoms. The molecule has 8 nitrogen and oxygen atoms in total. The van der Waals surface area contributed by atoms with E-state index in [1.54, 1.807) is 6.92 Å². The van der Waals surface area contributed by atoms with Crippen LogP contribution in [0.5, 0.6) is 0 Å². The molecule has 33 heavy (non-hydrogen) atoms. The number of nitrogens with two attached hydrogens (primary N) is 1. The van der Waals surface area contributed by atoms with E-state index < -0.39 is 53.1 Å². The van der Waals surface area contributed by atoms with E-state index in [4.69, 9.17) is 24.1 Å². The zero-order valence-electron chi connectivity index (χ0n) is 22.1. The number of carbonyl (C=O) groups excluding carboxylic acids is 2. The summed E-state index contributed by atoms with van der Waals surface area (Å²) in [7, 11) is -4.21. The van der Waals surface area contributed by atoms with Crippen molar-refractivity contribution in [2.45, 2.75) is 122 Å². The Labute approximate surface area is 202 Å². The Morgan fingerprint density at radius 1 is 0.848 bits per heavy atom. The predicted molar refractivity (Wildman–Crippen MR) is 136 cm³/mol. The standard InChI is InChI=1S/C23H48N2O6Si2/c1-9-28-23(27)22-19(25-17(8)26)21(31-33(13-5,14-6)15-7)20(18(16-24)29-22)30-32(10-2,11-3)12-4/h18-22H,9-16,24H2,1-8H3,(H,25,26)/t18?,19?,20-,21-,22?/m1/s1. The van der Waals surface area contributed by atoms with E-state index in [-0.39, 0.29) is 19.1 Å².